The summed E-state index contributed by atoms with van der Waals surface area (Å²) in [7, 11) is 0. The zero-order valence-corrected chi connectivity index (χ0v) is 17.3. The van der Waals surface area contributed by atoms with Crippen LogP contribution < -0.4 is 10.1 Å². The molecule has 3 aromatic rings. The number of amides is 1. The van der Waals surface area contributed by atoms with Gasteiger partial charge in [-0.25, -0.2) is 9.48 Å². The van der Waals surface area contributed by atoms with Crippen LogP contribution in [0, 0.1) is 6.92 Å². The van der Waals surface area contributed by atoms with Crippen molar-refractivity contribution >= 4 is 17.6 Å². The van der Waals surface area contributed by atoms with E-state index in [0.717, 1.165) is 0 Å². The molecular formula is C22H20F3N3O4. The summed E-state index contributed by atoms with van der Waals surface area (Å²) in [6, 6.07) is 12.2. The maximum absolute atomic E-state index is 12.6. The Labute approximate surface area is 181 Å². The van der Waals surface area contributed by atoms with Crippen molar-refractivity contribution in [3.05, 3.63) is 71.5 Å². The van der Waals surface area contributed by atoms with Crippen molar-refractivity contribution in [3.8, 4) is 11.4 Å². The van der Waals surface area contributed by atoms with Gasteiger partial charge in [0, 0.05) is 5.56 Å². The number of benzene rings is 2. The van der Waals surface area contributed by atoms with Gasteiger partial charge >= 0.3 is 12.1 Å². The fraction of sp³-hybridized carbons (Fsp3) is 0.227. The molecule has 3 rings (SSSR count). The predicted octanol–water partition coefficient (Wildman–Crippen LogP) is 4.55. The highest BCUT2D eigenvalue weighted by molar-refractivity contribution is 6.05. The van der Waals surface area contributed by atoms with Gasteiger partial charge in [-0.3, -0.25) is 4.79 Å². The first-order valence-corrected chi connectivity index (χ1v) is 9.61. The molecule has 1 aromatic heterocycles. The lowest BCUT2D eigenvalue weighted by Crippen LogP contribution is -2.20. The van der Waals surface area contributed by atoms with Crippen LogP contribution in [0.1, 0.15) is 33.3 Å². The maximum atomic E-state index is 12.6. The molecule has 1 heterocycles. The van der Waals surface area contributed by atoms with E-state index in [4.69, 9.17) is 9.47 Å². The van der Waals surface area contributed by atoms with E-state index in [-0.39, 0.29) is 23.6 Å². The number of para-hydroxylation sites is 2. The molecule has 168 valence electrons. The van der Waals surface area contributed by atoms with Gasteiger partial charge in [-0.1, -0.05) is 12.1 Å². The molecule has 1 amide bonds. The SMILES string of the molecule is CCOC(=O)c1cnn(-c2ccc(C(=O)Nc3ccccc3OCC(F)(F)F)cc2)c1C. The number of carbonyl (C=O) groups is 2. The molecule has 0 saturated carbocycles. The zero-order valence-electron chi connectivity index (χ0n) is 17.3. The Morgan fingerprint density at radius 3 is 2.44 bits per heavy atom. The van der Waals surface area contributed by atoms with Crippen LogP contribution in [0.5, 0.6) is 5.75 Å². The number of hydrogen-bond acceptors (Lipinski definition) is 5. The number of carbonyl (C=O) groups excluding carboxylic acids is 2. The van der Waals surface area contributed by atoms with Crippen molar-refractivity contribution in [2.45, 2.75) is 20.0 Å². The van der Waals surface area contributed by atoms with Gasteiger partial charge in [-0.15, -0.1) is 0 Å². The Balaban J connectivity index is 1.74. The van der Waals surface area contributed by atoms with Crippen LogP contribution in [0.3, 0.4) is 0 Å². The minimum Gasteiger partial charge on any atom is -0.482 e. The van der Waals surface area contributed by atoms with E-state index in [2.05, 4.69) is 10.4 Å². The highest BCUT2D eigenvalue weighted by Crippen LogP contribution is 2.27. The highest BCUT2D eigenvalue weighted by atomic mass is 19.4. The Hall–Kier alpha value is -3.82. The van der Waals surface area contributed by atoms with E-state index in [1.807, 2.05) is 0 Å². The molecule has 7 nitrogen and oxygen atoms in total. The van der Waals surface area contributed by atoms with Gasteiger partial charge in [0.25, 0.3) is 5.91 Å². The van der Waals surface area contributed by atoms with Crippen molar-refractivity contribution in [1.82, 2.24) is 9.78 Å². The molecular weight excluding hydrogens is 427 g/mol. The van der Waals surface area contributed by atoms with Crippen molar-refractivity contribution < 1.29 is 32.2 Å². The quantitative estimate of drug-likeness (QED) is 0.538. The van der Waals surface area contributed by atoms with Crippen LogP contribution in [-0.2, 0) is 4.74 Å². The molecule has 2 aromatic carbocycles. The van der Waals surface area contributed by atoms with Gasteiger partial charge in [0.1, 0.15) is 11.3 Å². The summed E-state index contributed by atoms with van der Waals surface area (Å²) in [6.45, 7) is 2.21. The normalized spacial score (nSPS) is 11.2. The molecule has 0 atom stereocenters. The van der Waals surface area contributed by atoms with Crippen LogP contribution in [-0.4, -0.2) is 41.0 Å². The van der Waals surface area contributed by atoms with Crippen molar-refractivity contribution in [1.29, 1.82) is 0 Å². The van der Waals surface area contributed by atoms with Gasteiger partial charge in [0.2, 0.25) is 0 Å². The second kappa shape index (κ2) is 9.54. The fourth-order valence-corrected chi connectivity index (χ4v) is 2.88. The fourth-order valence-electron chi connectivity index (χ4n) is 2.88. The van der Waals surface area contributed by atoms with Gasteiger partial charge in [-0.2, -0.15) is 18.3 Å². The van der Waals surface area contributed by atoms with Crippen LogP contribution in [0.25, 0.3) is 5.69 Å². The summed E-state index contributed by atoms with van der Waals surface area (Å²) >= 11 is 0. The number of ether oxygens (including phenoxy) is 2. The average Bonchev–Trinajstić information content (AvgIpc) is 3.14. The van der Waals surface area contributed by atoms with Gasteiger partial charge in [0.15, 0.2) is 6.61 Å². The number of anilines is 1. The lowest BCUT2D eigenvalue weighted by atomic mass is 10.1. The van der Waals surface area contributed by atoms with E-state index in [1.165, 1.54) is 41.2 Å². The highest BCUT2D eigenvalue weighted by Gasteiger charge is 2.29. The van der Waals surface area contributed by atoms with Crippen LogP contribution >= 0.6 is 0 Å². The largest absolute Gasteiger partial charge is 0.482 e. The molecule has 0 aliphatic heterocycles. The summed E-state index contributed by atoms with van der Waals surface area (Å²) in [4.78, 5) is 24.5. The molecule has 0 aliphatic carbocycles. The van der Waals surface area contributed by atoms with Crippen molar-refractivity contribution in [3.63, 3.8) is 0 Å². The summed E-state index contributed by atoms with van der Waals surface area (Å²) in [5.41, 5.74) is 1.92. The third-order valence-corrected chi connectivity index (χ3v) is 4.41. The van der Waals surface area contributed by atoms with Gasteiger partial charge in [0.05, 0.1) is 29.9 Å². The Morgan fingerprint density at radius 1 is 1.09 bits per heavy atom. The number of alkyl halides is 3. The number of halogens is 3. The minimum absolute atomic E-state index is 0.0894. The molecule has 0 bridgehead atoms. The molecule has 0 fully saturated rings. The van der Waals surface area contributed by atoms with Crippen molar-refractivity contribution in [2.75, 3.05) is 18.5 Å². The Morgan fingerprint density at radius 2 is 1.78 bits per heavy atom. The average molecular weight is 447 g/mol. The monoisotopic (exact) mass is 447 g/mol. The predicted molar refractivity (Wildman–Crippen MR) is 110 cm³/mol. The standard InChI is InChI=1S/C22H20F3N3O4/c1-3-31-21(30)17-12-26-28(14(17)2)16-10-8-15(9-11-16)20(29)27-18-6-4-5-7-19(18)32-13-22(23,24)25/h4-12H,3,13H2,1-2H3,(H,27,29). The smallest absolute Gasteiger partial charge is 0.422 e. The van der Waals surface area contributed by atoms with Gasteiger partial charge < -0.3 is 14.8 Å². The lowest BCUT2D eigenvalue weighted by molar-refractivity contribution is -0.153. The molecule has 32 heavy (non-hydrogen) atoms. The zero-order chi connectivity index (χ0) is 23.3. The first-order chi connectivity index (χ1) is 15.2. The summed E-state index contributed by atoms with van der Waals surface area (Å²) in [5, 5.41) is 6.74. The number of esters is 1. The number of rotatable bonds is 7. The third kappa shape index (κ3) is 5.45. The Bertz CT molecular complexity index is 1110. The first-order valence-electron chi connectivity index (χ1n) is 9.61. The summed E-state index contributed by atoms with van der Waals surface area (Å²) < 4.78 is 48.6. The minimum atomic E-state index is -4.50. The van der Waals surface area contributed by atoms with Gasteiger partial charge in [-0.05, 0) is 50.2 Å². The topological polar surface area (TPSA) is 82.5 Å². The second-order valence-corrected chi connectivity index (χ2v) is 6.68. The van der Waals surface area contributed by atoms with E-state index >= 15 is 0 Å². The van der Waals surface area contributed by atoms with Crippen molar-refractivity contribution in [2.24, 2.45) is 0 Å². The summed E-state index contributed by atoms with van der Waals surface area (Å²) in [6.07, 6.45) is -3.09. The molecule has 1 N–H and O–H groups in total. The molecule has 0 saturated heterocycles. The molecule has 0 spiro atoms. The maximum Gasteiger partial charge on any atom is 0.422 e. The third-order valence-electron chi connectivity index (χ3n) is 4.41. The van der Waals surface area contributed by atoms with E-state index in [0.29, 0.717) is 16.9 Å². The number of hydrogen-bond donors (Lipinski definition) is 1. The first kappa shape index (κ1) is 22.9. The number of aromatic nitrogens is 2. The lowest BCUT2D eigenvalue weighted by Gasteiger charge is -2.14. The van der Waals surface area contributed by atoms with E-state index in [9.17, 15) is 22.8 Å². The van der Waals surface area contributed by atoms with Crippen LogP contribution in [0.15, 0.2) is 54.7 Å². The molecule has 10 heteroatoms. The van der Waals surface area contributed by atoms with Crippen LogP contribution in [0.4, 0.5) is 18.9 Å². The van der Waals surface area contributed by atoms with Crippen LogP contribution in [0.2, 0.25) is 0 Å². The van der Waals surface area contributed by atoms with E-state index in [1.54, 1.807) is 32.0 Å². The molecule has 0 radical (unpaired) electrons. The number of nitrogens with zero attached hydrogens (tertiary/aromatic N) is 2. The molecule has 0 unspecified atom stereocenters. The Kier molecular flexibility index (Phi) is 6.82. The second-order valence-electron chi connectivity index (χ2n) is 6.68. The summed E-state index contributed by atoms with van der Waals surface area (Å²) in [5.74, 6) is -1.09. The number of nitrogens with one attached hydrogen (secondary N) is 1. The van der Waals surface area contributed by atoms with E-state index < -0.39 is 24.7 Å². The molecule has 0 aliphatic rings.